The van der Waals surface area contributed by atoms with Crippen molar-refractivity contribution in [3.8, 4) is 0 Å². The van der Waals surface area contributed by atoms with Gasteiger partial charge in [0.2, 0.25) is 5.91 Å². The lowest BCUT2D eigenvalue weighted by atomic mass is 9.83. The highest BCUT2D eigenvalue weighted by Crippen LogP contribution is 2.25. The third-order valence-corrected chi connectivity index (χ3v) is 4.68. The standard InChI is InChI=1S/C22H23NO/c1-16(18-14-13-17-9-7-8-10-19(17)15-18)23-21(24)22(2,3)20-11-5-4-6-12-20/h4-16H,1-3H3,(H,23,24). The van der Waals surface area contributed by atoms with Gasteiger partial charge in [-0.3, -0.25) is 4.79 Å². The lowest BCUT2D eigenvalue weighted by Crippen LogP contribution is -2.41. The van der Waals surface area contributed by atoms with Gasteiger partial charge in [0, 0.05) is 0 Å². The Labute approximate surface area is 143 Å². The van der Waals surface area contributed by atoms with E-state index in [9.17, 15) is 4.79 Å². The number of amides is 1. The normalized spacial score (nSPS) is 12.8. The van der Waals surface area contributed by atoms with E-state index in [4.69, 9.17) is 0 Å². The molecule has 0 aliphatic rings. The lowest BCUT2D eigenvalue weighted by molar-refractivity contribution is -0.126. The molecule has 0 radical (unpaired) electrons. The maximum absolute atomic E-state index is 12.8. The highest BCUT2D eigenvalue weighted by molar-refractivity contribution is 5.88. The molecule has 3 rings (SSSR count). The second-order valence-electron chi connectivity index (χ2n) is 6.79. The summed E-state index contributed by atoms with van der Waals surface area (Å²) in [7, 11) is 0. The summed E-state index contributed by atoms with van der Waals surface area (Å²) in [5, 5.41) is 5.57. The molecule has 0 aliphatic heterocycles. The molecule has 0 spiro atoms. The average Bonchev–Trinajstić information content (AvgIpc) is 2.62. The number of nitrogens with one attached hydrogen (secondary N) is 1. The summed E-state index contributed by atoms with van der Waals surface area (Å²) in [4.78, 5) is 12.8. The average molecular weight is 317 g/mol. The first kappa shape index (κ1) is 16.3. The van der Waals surface area contributed by atoms with Crippen LogP contribution in [0.15, 0.2) is 72.8 Å². The molecule has 24 heavy (non-hydrogen) atoms. The molecular formula is C22H23NO. The fraction of sp³-hybridized carbons (Fsp3) is 0.227. The van der Waals surface area contributed by atoms with E-state index in [2.05, 4.69) is 35.6 Å². The number of hydrogen-bond donors (Lipinski definition) is 1. The summed E-state index contributed by atoms with van der Waals surface area (Å²) >= 11 is 0. The van der Waals surface area contributed by atoms with Gasteiger partial charge in [-0.2, -0.15) is 0 Å². The number of carbonyl (C=O) groups is 1. The molecule has 1 atom stereocenters. The van der Waals surface area contributed by atoms with Gasteiger partial charge in [-0.25, -0.2) is 0 Å². The molecule has 0 aromatic heterocycles. The predicted octanol–water partition coefficient (Wildman–Crippen LogP) is 4.99. The molecule has 3 aromatic rings. The topological polar surface area (TPSA) is 29.1 Å². The first-order valence-electron chi connectivity index (χ1n) is 8.33. The number of hydrogen-bond acceptors (Lipinski definition) is 1. The van der Waals surface area contributed by atoms with Crippen LogP contribution >= 0.6 is 0 Å². The van der Waals surface area contributed by atoms with Gasteiger partial charge in [-0.1, -0.05) is 66.7 Å². The van der Waals surface area contributed by atoms with E-state index in [0.29, 0.717) is 0 Å². The molecule has 0 bridgehead atoms. The van der Waals surface area contributed by atoms with Gasteiger partial charge in [0.25, 0.3) is 0 Å². The van der Waals surface area contributed by atoms with Crippen molar-refractivity contribution in [3.63, 3.8) is 0 Å². The van der Waals surface area contributed by atoms with Gasteiger partial charge < -0.3 is 5.32 Å². The minimum atomic E-state index is -0.563. The smallest absolute Gasteiger partial charge is 0.230 e. The van der Waals surface area contributed by atoms with Crippen LogP contribution in [0.25, 0.3) is 10.8 Å². The molecule has 0 saturated carbocycles. The summed E-state index contributed by atoms with van der Waals surface area (Å²) in [6.07, 6.45) is 0. The van der Waals surface area contributed by atoms with Crippen molar-refractivity contribution in [2.75, 3.05) is 0 Å². The van der Waals surface area contributed by atoms with Crippen molar-refractivity contribution >= 4 is 16.7 Å². The SMILES string of the molecule is CC(NC(=O)C(C)(C)c1ccccc1)c1ccc2ccccc2c1. The number of benzene rings is 3. The summed E-state index contributed by atoms with van der Waals surface area (Å²) < 4.78 is 0. The summed E-state index contributed by atoms with van der Waals surface area (Å²) in [6, 6.07) is 24.5. The van der Waals surface area contributed by atoms with E-state index in [1.54, 1.807) is 0 Å². The van der Waals surface area contributed by atoms with Crippen molar-refractivity contribution in [2.24, 2.45) is 0 Å². The first-order chi connectivity index (χ1) is 11.5. The molecule has 0 fully saturated rings. The predicted molar refractivity (Wildman–Crippen MR) is 100.0 cm³/mol. The van der Waals surface area contributed by atoms with Gasteiger partial charge in [-0.15, -0.1) is 0 Å². The van der Waals surface area contributed by atoms with E-state index < -0.39 is 5.41 Å². The lowest BCUT2D eigenvalue weighted by Gasteiger charge is -2.26. The molecule has 0 aliphatic carbocycles. The monoisotopic (exact) mass is 317 g/mol. The Morgan fingerprint density at radius 3 is 2.21 bits per heavy atom. The van der Waals surface area contributed by atoms with Gasteiger partial charge >= 0.3 is 0 Å². The number of fused-ring (bicyclic) bond motifs is 1. The maximum Gasteiger partial charge on any atom is 0.230 e. The quantitative estimate of drug-likeness (QED) is 0.721. The van der Waals surface area contributed by atoms with Crippen LogP contribution in [0.2, 0.25) is 0 Å². The van der Waals surface area contributed by atoms with Crippen LogP contribution in [0.3, 0.4) is 0 Å². The molecule has 0 saturated heterocycles. The van der Waals surface area contributed by atoms with Crippen LogP contribution in [0, 0.1) is 0 Å². The zero-order valence-electron chi connectivity index (χ0n) is 14.4. The molecule has 3 aromatic carbocycles. The molecule has 122 valence electrons. The Bertz CT molecular complexity index is 852. The molecule has 2 heteroatoms. The fourth-order valence-corrected chi connectivity index (χ4v) is 2.92. The molecule has 0 heterocycles. The van der Waals surface area contributed by atoms with Crippen LogP contribution in [0.1, 0.15) is 37.9 Å². The number of carbonyl (C=O) groups excluding carboxylic acids is 1. The molecule has 2 nitrogen and oxygen atoms in total. The Morgan fingerprint density at radius 1 is 0.875 bits per heavy atom. The van der Waals surface area contributed by atoms with E-state index in [1.165, 1.54) is 10.8 Å². The third-order valence-electron chi connectivity index (χ3n) is 4.68. The highest BCUT2D eigenvalue weighted by atomic mass is 16.2. The van der Waals surface area contributed by atoms with Gasteiger partial charge in [0.15, 0.2) is 0 Å². The molecular weight excluding hydrogens is 294 g/mol. The second-order valence-corrected chi connectivity index (χ2v) is 6.79. The van der Waals surface area contributed by atoms with Gasteiger partial charge in [-0.05, 0) is 48.7 Å². The van der Waals surface area contributed by atoms with Crippen LogP contribution in [0.5, 0.6) is 0 Å². The second kappa shape index (κ2) is 6.48. The van der Waals surface area contributed by atoms with Crippen molar-refractivity contribution < 1.29 is 4.79 Å². The first-order valence-corrected chi connectivity index (χ1v) is 8.33. The van der Waals surface area contributed by atoms with Crippen LogP contribution in [-0.4, -0.2) is 5.91 Å². The Kier molecular flexibility index (Phi) is 4.39. The molecule has 1 amide bonds. The molecule has 1 unspecified atom stereocenters. The van der Waals surface area contributed by atoms with Crippen LogP contribution in [0.4, 0.5) is 0 Å². The molecule has 1 N–H and O–H groups in total. The number of rotatable bonds is 4. The zero-order valence-corrected chi connectivity index (χ0v) is 14.4. The Hall–Kier alpha value is -2.61. The van der Waals surface area contributed by atoms with Crippen molar-refractivity contribution in [2.45, 2.75) is 32.2 Å². The van der Waals surface area contributed by atoms with Gasteiger partial charge in [0.05, 0.1) is 11.5 Å². The van der Waals surface area contributed by atoms with Crippen molar-refractivity contribution in [1.82, 2.24) is 5.32 Å². The maximum atomic E-state index is 12.8. The summed E-state index contributed by atoms with van der Waals surface area (Å²) in [6.45, 7) is 5.96. The van der Waals surface area contributed by atoms with Gasteiger partial charge in [0.1, 0.15) is 0 Å². The summed E-state index contributed by atoms with van der Waals surface area (Å²) in [5.74, 6) is 0.0364. The zero-order chi connectivity index (χ0) is 17.2. The fourth-order valence-electron chi connectivity index (χ4n) is 2.92. The van der Waals surface area contributed by atoms with Crippen LogP contribution < -0.4 is 5.32 Å². The Balaban J connectivity index is 1.80. The minimum absolute atomic E-state index is 0.0364. The minimum Gasteiger partial charge on any atom is -0.349 e. The van der Waals surface area contributed by atoms with E-state index in [0.717, 1.165) is 11.1 Å². The highest BCUT2D eigenvalue weighted by Gasteiger charge is 2.30. The third kappa shape index (κ3) is 3.18. The van der Waals surface area contributed by atoms with Crippen molar-refractivity contribution in [1.29, 1.82) is 0 Å². The Morgan fingerprint density at radius 2 is 1.50 bits per heavy atom. The van der Waals surface area contributed by atoms with E-state index >= 15 is 0 Å². The van der Waals surface area contributed by atoms with Crippen LogP contribution in [-0.2, 0) is 10.2 Å². The largest absolute Gasteiger partial charge is 0.349 e. The summed E-state index contributed by atoms with van der Waals surface area (Å²) in [5.41, 5.74) is 1.57. The van der Waals surface area contributed by atoms with E-state index in [-0.39, 0.29) is 11.9 Å². The van der Waals surface area contributed by atoms with Crippen molar-refractivity contribution in [3.05, 3.63) is 83.9 Å². The van der Waals surface area contributed by atoms with E-state index in [1.807, 2.05) is 63.2 Å².